The zero-order valence-corrected chi connectivity index (χ0v) is 11.3. The Hall–Kier alpha value is -2.46. The molecule has 21 heavy (non-hydrogen) atoms. The zero-order chi connectivity index (χ0) is 14.7. The molecule has 2 aromatic carbocycles. The van der Waals surface area contributed by atoms with Crippen molar-refractivity contribution in [2.75, 3.05) is 0 Å². The van der Waals surface area contributed by atoms with E-state index >= 15 is 0 Å². The Morgan fingerprint density at radius 1 is 1.05 bits per heavy atom. The summed E-state index contributed by atoms with van der Waals surface area (Å²) in [6, 6.07) is 16.1. The number of aliphatic hydroxyl groups excluding tert-OH is 1. The molecule has 0 saturated carbocycles. The van der Waals surface area contributed by atoms with Gasteiger partial charge in [-0.3, -0.25) is 5.10 Å². The van der Waals surface area contributed by atoms with Crippen LogP contribution in [0.1, 0.15) is 17.2 Å². The highest BCUT2D eigenvalue weighted by Crippen LogP contribution is 2.28. The fraction of sp³-hybridized carbons (Fsp3) is 0.118. The molecule has 2 N–H and O–H groups in total. The molecule has 0 fully saturated rings. The first kappa shape index (κ1) is 13.5. The molecule has 3 rings (SSSR count). The first-order valence-electron chi connectivity index (χ1n) is 6.76. The molecule has 0 amide bonds. The van der Waals surface area contributed by atoms with Crippen LogP contribution in [-0.4, -0.2) is 15.3 Å². The maximum absolute atomic E-state index is 13.7. The maximum Gasteiger partial charge on any atom is 0.126 e. The zero-order valence-electron chi connectivity index (χ0n) is 11.3. The summed E-state index contributed by atoms with van der Waals surface area (Å²) in [6.45, 7) is 0. The van der Waals surface area contributed by atoms with Crippen LogP contribution in [0.15, 0.2) is 60.8 Å². The van der Waals surface area contributed by atoms with Crippen LogP contribution in [0.2, 0.25) is 0 Å². The van der Waals surface area contributed by atoms with Crippen LogP contribution in [0.5, 0.6) is 0 Å². The summed E-state index contributed by atoms with van der Waals surface area (Å²) in [5.41, 5.74) is 2.87. The van der Waals surface area contributed by atoms with Crippen molar-refractivity contribution in [3.63, 3.8) is 0 Å². The molecule has 0 radical (unpaired) electrons. The Morgan fingerprint density at radius 3 is 2.52 bits per heavy atom. The first-order chi connectivity index (χ1) is 10.3. The monoisotopic (exact) mass is 282 g/mol. The predicted octanol–water partition coefficient (Wildman–Crippen LogP) is 3.49. The molecule has 0 bridgehead atoms. The van der Waals surface area contributed by atoms with Crippen molar-refractivity contribution in [3.05, 3.63) is 77.7 Å². The molecule has 0 aliphatic carbocycles. The Morgan fingerprint density at radius 2 is 1.76 bits per heavy atom. The van der Waals surface area contributed by atoms with Gasteiger partial charge >= 0.3 is 0 Å². The summed E-state index contributed by atoms with van der Waals surface area (Å²) in [5, 5.41) is 17.3. The van der Waals surface area contributed by atoms with Crippen LogP contribution in [0, 0.1) is 5.82 Å². The Bertz CT molecular complexity index is 724. The van der Waals surface area contributed by atoms with E-state index in [9.17, 15) is 9.50 Å². The number of rotatable bonds is 4. The number of benzene rings is 2. The third-order valence-corrected chi connectivity index (χ3v) is 3.46. The Balaban J connectivity index is 1.88. The van der Waals surface area contributed by atoms with Crippen molar-refractivity contribution in [1.82, 2.24) is 10.2 Å². The first-order valence-corrected chi connectivity index (χ1v) is 6.76. The lowest BCUT2D eigenvalue weighted by atomic mass is 9.99. The number of hydrogen-bond donors (Lipinski definition) is 2. The van der Waals surface area contributed by atoms with Crippen LogP contribution in [0.4, 0.5) is 4.39 Å². The average molecular weight is 282 g/mol. The van der Waals surface area contributed by atoms with E-state index in [1.165, 1.54) is 6.07 Å². The summed E-state index contributed by atoms with van der Waals surface area (Å²) < 4.78 is 13.7. The van der Waals surface area contributed by atoms with Crippen LogP contribution in [0.25, 0.3) is 11.3 Å². The molecule has 1 heterocycles. The van der Waals surface area contributed by atoms with E-state index in [0.717, 1.165) is 11.3 Å². The van der Waals surface area contributed by atoms with Gasteiger partial charge < -0.3 is 5.11 Å². The average Bonchev–Trinajstić information content (AvgIpc) is 3.00. The van der Waals surface area contributed by atoms with E-state index in [0.29, 0.717) is 11.1 Å². The van der Waals surface area contributed by atoms with Gasteiger partial charge in [-0.2, -0.15) is 5.10 Å². The second-order valence-electron chi connectivity index (χ2n) is 4.88. The molecule has 0 aliphatic rings. The molecular weight excluding hydrogens is 267 g/mol. The van der Waals surface area contributed by atoms with Crippen LogP contribution >= 0.6 is 0 Å². The quantitative estimate of drug-likeness (QED) is 0.769. The van der Waals surface area contributed by atoms with Crippen LogP contribution < -0.4 is 0 Å². The second-order valence-corrected chi connectivity index (χ2v) is 4.88. The van der Waals surface area contributed by atoms with E-state index in [2.05, 4.69) is 10.2 Å². The molecule has 4 heteroatoms. The maximum atomic E-state index is 13.7. The van der Waals surface area contributed by atoms with Crippen molar-refractivity contribution in [1.29, 1.82) is 0 Å². The van der Waals surface area contributed by atoms with Crippen molar-refractivity contribution >= 4 is 0 Å². The Labute approximate surface area is 122 Å². The number of H-pyrrole nitrogens is 1. The minimum absolute atomic E-state index is 0.214. The predicted molar refractivity (Wildman–Crippen MR) is 79.1 cm³/mol. The fourth-order valence-corrected chi connectivity index (χ4v) is 2.37. The number of aliphatic hydroxyl groups is 1. The third kappa shape index (κ3) is 2.85. The number of nitrogens with zero attached hydrogens (tertiary/aromatic N) is 1. The van der Waals surface area contributed by atoms with Gasteiger partial charge in [0.05, 0.1) is 18.0 Å². The van der Waals surface area contributed by atoms with E-state index in [4.69, 9.17) is 0 Å². The van der Waals surface area contributed by atoms with E-state index in [1.807, 2.05) is 30.3 Å². The molecule has 0 saturated heterocycles. The molecule has 3 aromatic rings. The molecule has 1 unspecified atom stereocenters. The lowest BCUT2D eigenvalue weighted by Crippen LogP contribution is -2.04. The van der Waals surface area contributed by atoms with Gasteiger partial charge in [0.15, 0.2) is 0 Å². The fourth-order valence-electron chi connectivity index (χ4n) is 2.37. The minimum Gasteiger partial charge on any atom is -0.388 e. The third-order valence-electron chi connectivity index (χ3n) is 3.46. The SMILES string of the molecule is OC(Cc1ccccc1F)c1cn[nH]c1-c1ccccc1. The summed E-state index contributed by atoms with van der Waals surface area (Å²) in [6.07, 6.45) is 0.996. The van der Waals surface area contributed by atoms with Crippen molar-refractivity contribution < 1.29 is 9.50 Å². The second kappa shape index (κ2) is 5.89. The van der Waals surface area contributed by atoms with Gasteiger partial charge in [-0.05, 0) is 17.2 Å². The minimum atomic E-state index is -0.809. The number of aromatic amines is 1. The lowest BCUT2D eigenvalue weighted by molar-refractivity contribution is 0.177. The molecule has 0 aliphatic heterocycles. The van der Waals surface area contributed by atoms with E-state index in [-0.39, 0.29) is 12.2 Å². The molecule has 106 valence electrons. The van der Waals surface area contributed by atoms with Crippen molar-refractivity contribution in [3.8, 4) is 11.3 Å². The van der Waals surface area contributed by atoms with E-state index < -0.39 is 6.10 Å². The largest absolute Gasteiger partial charge is 0.388 e. The van der Waals surface area contributed by atoms with Crippen LogP contribution in [0.3, 0.4) is 0 Å². The normalized spacial score (nSPS) is 12.3. The number of hydrogen-bond acceptors (Lipinski definition) is 2. The highest BCUT2D eigenvalue weighted by atomic mass is 19.1. The van der Waals surface area contributed by atoms with Gasteiger partial charge in [0.25, 0.3) is 0 Å². The van der Waals surface area contributed by atoms with Crippen molar-refractivity contribution in [2.45, 2.75) is 12.5 Å². The Kier molecular flexibility index (Phi) is 3.79. The summed E-state index contributed by atoms with van der Waals surface area (Å²) in [7, 11) is 0. The van der Waals surface area contributed by atoms with Crippen LogP contribution in [-0.2, 0) is 6.42 Å². The van der Waals surface area contributed by atoms with Gasteiger partial charge in [0, 0.05) is 12.0 Å². The molecule has 1 aromatic heterocycles. The smallest absolute Gasteiger partial charge is 0.126 e. The molecular formula is C17H15FN2O. The summed E-state index contributed by atoms with van der Waals surface area (Å²) >= 11 is 0. The number of nitrogens with one attached hydrogen (secondary N) is 1. The molecule has 0 spiro atoms. The molecule has 1 atom stereocenters. The standard InChI is InChI=1S/C17H15FN2O/c18-15-9-5-4-8-13(15)10-16(21)14-11-19-20-17(14)12-6-2-1-3-7-12/h1-9,11,16,21H,10H2,(H,19,20). The highest BCUT2D eigenvalue weighted by Gasteiger charge is 2.17. The molecule has 3 nitrogen and oxygen atoms in total. The van der Waals surface area contributed by atoms with Gasteiger partial charge in [-0.25, -0.2) is 4.39 Å². The van der Waals surface area contributed by atoms with Gasteiger partial charge in [-0.15, -0.1) is 0 Å². The summed E-state index contributed by atoms with van der Waals surface area (Å²) in [5.74, 6) is -0.304. The van der Waals surface area contributed by atoms with Crippen molar-refractivity contribution in [2.24, 2.45) is 0 Å². The van der Waals surface area contributed by atoms with Gasteiger partial charge in [0.2, 0.25) is 0 Å². The van der Waals surface area contributed by atoms with E-state index in [1.54, 1.807) is 24.4 Å². The lowest BCUT2D eigenvalue weighted by Gasteiger charge is -2.12. The highest BCUT2D eigenvalue weighted by molar-refractivity contribution is 5.62. The van der Waals surface area contributed by atoms with Gasteiger partial charge in [0.1, 0.15) is 5.82 Å². The van der Waals surface area contributed by atoms with Gasteiger partial charge in [-0.1, -0.05) is 48.5 Å². The number of halogens is 1. The topological polar surface area (TPSA) is 48.9 Å². The number of aromatic nitrogens is 2. The summed E-state index contributed by atoms with van der Waals surface area (Å²) in [4.78, 5) is 0.